The first-order valence-corrected chi connectivity index (χ1v) is 7.41. The molecule has 8 nitrogen and oxygen atoms in total. The van der Waals surface area contributed by atoms with Gasteiger partial charge in [0.2, 0.25) is 5.95 Å². The van der Waals surface area contributed by atoms with E-state index in [0.717, 1.165) is 23.1 Å². The molecule has 1 unspecified atom stereocenters. The highest BCUT2D eigenvalue weighted by Gasteiger charge is 2.24. The lowest BCUT2D eigenvalue weighted by Crippen LogP contribution is -2.28. The van der Waals surface area contributed by atoms with Gasteiger partial charge in [-0.2, -0.15) is 10.1 Å². The second-order valence-corrected chi connectivity index (χ2v) is 5.64. The Balaban J connectivity index is 2.10. The molecule has 8 heteroatoms. The molecule has 4 heterocycles. The van der Waals surface area contributed by atoms with E-state index in [9.17, 15) is 4.79 Å². The summed E-state index contributed by atoms with van der Waals surface area (Å²) < 4.78 is 7.14. The van der Waals surface area contributed by atoms with Crippen molar-refractivity contribution in [2.45, 2.75) is 19.4 Å². The van der Waals surface area contributed by atoms with E-state index in [1.54, 1.807) is 17.0 Å². The number of ether oxygens (including phenoxy) is 1. The number of hydrogen-bond donors (Lipinski definition) is 2. The van der Waals surface area contributed by atoms with Crippen molar-refractivity contribution >= 4 is 17.0 Å². The molecule has 1 fully saturated rings. The van der Waals surface area contributed by atoms with E-state index >= 15 is 0 Å². The van der Waals surface area contributed by atoms with Crippen LogP contribution in [0.2, 0.25) is 0 Å². The molecule has 1 saturated heterocycles. The molecule has 0 aliphatic carbocycles. The number of aromatic nitrogens is 5. The number of H-pyrrole nitrogens is 1. The molecule has 0 saturated carbocycles. The second kappa shape index (κ2) is 5.17. The maximum atomic E-state index is 13.1. The Morgan fingerprint density at radius 3 is 3.00 bits per heavy atom. The highest BCUT2D eigenvalue weighted by atomic mass is 16.5. The Bertz CT molecular complexity index is 925. The third-order valence-electron chi connectivity index (χ3n) is 4.18. The molecule has 23 heavy (non-hydrogen) atoms. The topological polar surface area (TPSA) is 112 Å². The van der Waals surface area contributed by atoms with Gasteiger partial charge in [-0.1, -0.05) is 0 Å². The predicted molar refractivity (Wildman–Crippen MR) is 85.0 cm³/mol. The van der Waals surface area contributed by atoms with Crippen molar-refractivity contribution in [1.29, 1.82) is 0 Å². The highest BCUT2D eigenvalue weighted by molar-refractivity contribution is 5.83. The minimum atomic E-state index is -0.119. The Kier molecular flexibility index (Phi) is 3.12. The molecular formula is C15H16N6O2. The maximum Gasteiger partial charge on any atom is 0.260 e. The number of pyridine rings is 1. The fourth-order valence-corrected chi connectivity index (χ4v) is 3.04. The van der Waals surface area contributed by atoms with Crippen LogP contribution in [-0.2, 0) is 4.74 Å². The summed E-state index contributed by atoms with van der Waals surface area (Å²) in [6.07, 6.45) is 4.10. The van der Waals surface area contributed by atoms with Gasteiger partial charge in [-0.05, 0) is 19.4 Å². The lowest BCUT2D eigenvalue weighted by molar-refractivity contribution is 0.186. The molecule has 3 N–H and O–H groups in total. The predicted octanol–water partition coefficient (Wildman–Crippen LogP) is 1.03. The molecule has 0 bridgehead atoms. The van der Waals surface area contributed by atoms with Gasteiger partial charge in [0.05, 0.1) is 30.1 Å². The molecule has 1 aliphatic heterocycles. The van der Waals surface area contributed by atoms with Crippen LogP contribution in [0, 0.1) is 6.92 Å². The summed E-state index contributed by atoms with van der Waals surface area (Å²) in [5.74, 6) is 0.165. The molecule has 1 aliphatic rings. The van der Waals surface area contributed by atoms with Crippen LogP contribution in [0.4, 0.5) is 5.95 Å². The maximum absolute atomic E-state index is 13.1. The molecule has 3 aromatic heterocycles. The van der Waals surface area contributed by atoms with E-state index < -0.39 is 0 Å². The van der Waals surface area contributed by atoms with Crippen molar-refractivity contribution < 1.29 is 4.74 Å². The molecule has 0 aromatic carbocycles. The van der Waals surface area contributed by atoms with E-state index in [2.05, 4.69) is 20.2 Å². The summed E-state index contributed by atoms with van der Waals surface area (Å²) in [6, 6.07) is 1.76. The summed E-state index contributed by atoms with van der Waals surface area (Å²) in [4.78, 5) is 21.6. The van der Waals surface area contributed by atoms with Crippen LogP contribution in [-0.4, -0.2) is 37.9 Å². The monoisotopic (exact) mass is 312 g/mol. The van der Waals surface area contributed by atoms with Crippen molar-refractivity contribution in [1.82, 2.24) is 24.7 Å². The van der Waals surface area contributed by atoms with Gasteiger partial charge in [-0.15, -0.1) is 0 Å². The van der Waals surface area contributed by atoms with Gasteiger partial charge in [0.25, 0.3) is 5.56 Å². The molecule has 1 atom stereocenters. The molecule has 0 radical (unpaired) electrons. The van der Waals surface area contributed by atoms with Gasteiger partial charge >= 0.3 is 0 Å². The van der Waals surface area contributed by atoms with Gasteiger partial charge in [-0.3, -0.25) is 14.5 Å². The van der Waals surface area contributed by atoms with E-state index in [1.165, 1.54) is 0 Å². The molecule has 118 valence electrons. The lowest BCUT2D eigenvalue weighted by atomic mass is 10.1. The van der Waals surface area contributed by atoms with Crippen molar-refractivity contribution in [3.63, 3.8) is 0 Å². The quantitative estimate of drug-likeness (QED) is 0.731. The minimum Gasteiger partial charge on any atom is -0.379 e. The molecule has 3 aromatic rings. The number of fused-ring (bicyclic) bond motifs is 1. The fourth-order valence-electron chi connectivity index (χ4n) is 3.04. The van der Waals surface area contributed by atoms with E-state index in [1.807, 2.05) is 13.0 Å². The average molecular weight is 312 g/mol. The molecule has 0 amide bonds. The molecule has 4 rings (SSSR count). The number of anilines is 1. The first-order valence-electron chi connectivity index (χ1n) is 7.41. The van der Waals surface area contributed by atoms with E-state index in [0.29, 0.717) is 24.4 Å². The van der Waals surface area contributed by atoms with Crippen molar-refractivity contribution in [2.75, 3.05) is 18.9 Å². The largest absolute Gasteiger partial charge is 0.379 e. The van der Waals surface area contributed by atoms with Gasteiger partial charge in [0, 0.05) is 23.8 Å². The number of aromatic amines is 1. The van der Waals surface area contributed by atoms with Crippen molar-refractivity contribution in [2.24, 2.45) is 0 Å². The summed E-state index contributed by atoms with van der Waals surface area (Å²) in [5.41, 5.74) is 8.27. The summed E-state index contributed by atoms with van der Waals surface area (Å²) in [5, 5.41) is 7.48. The molecular weight excluding hydrogens is 296 g/mol. The number of hydrogen-bond acceptors (Lipinski definition) is 6. The van der Waals surface area contributed by atoms with Crippen LogP contribution in [0.3, 0.4) is 0 Å². The standard InChI is InChI=1S/C15H16N6O2/c1-8-11-4-12(9-5-17-18-6-9)14(22)21(10-2-3-23-7-10)13(11)20-15(16)19-8/h4-6,10H,2-3,7H2,1H3,(H,17,18)(H2,16,19,20). The zero-order valence-corrected chi connectivity index (χ0v) is 12.6. The third-order valence-corrected chi connectivity index (χ3v) is 4.18. The smallest absolute Gasteiger partial charge is 0.260 e. The number of nitrogens with two attached hydrogens (primary N) is 1. The fraction of sp³-hybridized carbons (Fsp3) is 0.333. The Hall–Kier alpha value is -2.74. The summed E-state index contributed by atoms with van der Waals surface area (Å²) >= 11 is 0. The first kappa shape index (κ1) is 13.9. The van der Waals surface area contributed by atoms with Gasteiger partial charge in [0.1, 0.15) is 5.65 Å². The van der Waals surface area contributed by atoms with Crippen molar-refractivity contribution in [3.8, 4) is 11.1 Å². The van der Waals surface area contributed by atoms with Crippen LogP contribution in [0.15, 0.2) is 23.3 Å². The SMILES string of the molecule is Cc1nc(N)nc2c1cc(-c1cn[nH]c1)c(=O)n2C1CCOC1. The molecule has 0 spiro atoms. The number of nitrogens with one attached hydrogen (secondary N) is 1. The van der Waals surface area contributed by atoms with Crippen molar-refractivity contribution in [3.05, 3.63) is 34.5 Å². The first-order chi connectivity index (χ1) is 11.1. The number of nitrogen functional groups attached to an aromatic ring is 1. The third kappa shape index (κ3) is 2.18. The average Bonchev–Trinajstić information content (AvgIpc) is 3.20. The van der Waals surface area contributed by atoms with E-state index in [4.69, 9.17) is 10.5 Å². The van der Waals surface area contributed by atoms with Crippen LogP contribution in [0.25, 0.3) is 22.2 Å². The van der Waals surface area contributed by atoms with Crippen LogP contribution < -0.4 is 11.3 Å². The van der Waals surface area contributed by atoms with Crippen LogP contribution >= 0.6 is 0 Å². The number of aryl methyl sites for hydroxylation is 1. The Labute approximate surface area is 131 Å². The normalized spacial score (nSPS) is 17.9. The Morgan fingerprint density at radius 1 is 1.43 bits per heavy atom. The summed E-state index contributed by atoms with van der Waals surface area (Å²) in [6.45, 7) is 2.99. The van der Waals surface area contributed by atoms with Crippen LogP contribution in [0.5, 0.6) is 0 Å². The van der Waals surface area contributed by atoms with Gasteiger partial charge in [0.15, 0.2) is 0 Å². The lowest BCUT2D eigenvalue weighted by Gasteiger charge is -2.17. The second-order valence-electron chi connectivity index (χ2n) is 5.64. The zero-order chi connectivity index (χ0) is 16.0. The Morgan fingerprint density at radius 2 is 2.30 bits per heavy atom. The van der Waals surface area contributed by atoms with Gasteiger partial charge < -0.3 is 10.5 Å². The minimum absolute atomic E-state index is 0.0504. The number of nitrogens with zero attached hydrogens (tertiary/aromatic N) is 4. The van der Waals surface area contributed by atoms with Crippen LogP contribution in [0.1, 0.15) is 18.2 Å². The summed E-state index contributed by atoms with van der Waals surface area (Å²) in [7, 11) is 0. The number of rotatable bonds is 2. The van der Waals surface area contributed by atoms with Gasteiger partial charge in [-0.25, -0.2) is 4.98 Å². The van der Waals surface area contributed by atoms with E-state index in [-0.39, 0.29) is 17.5 Å². The highest BCUT2D eigenvalue weighted by Crippen LogP contribution is 2.26. The zero-order valence-electron chi connectivity index (χ0n) is 12.6.